The van der Waals surface area contributed by atoms with Crippen LogP contribution in [0.3, 0.4) is 0 Å². The number of hydrogen-bond donors (Lipinski definition) is 5. The summed E-state index contributed by atoms with van der Waals surface area (Å²) in [5, 5.41) is 49.1. The smallest absolute Gasteiger partial charge is 0.308 e. The monoisotopic (exact) mass is 1770 g/mol. The van der Waals surface area contributed by atoms with E-state index in [1.54, 1.807) is 54.0 Å². The molecule has 0 aliphatic carbocycles. The van der Waals surface area contributed by atoms with Crippen molar-refractivity contribution in [2.24, 2.45) is 15.0 Å². The van der Waals surface area contributed by atoms with Crippen LogP contribution in [0.4, 0.5) is 5.69 Å². The fourth-order valence-electron chi connectivity index (χ4n) is 14.8. The molecule has 0 saturated carbocycles. The van der Waals surface area contributed by atoms with Gasteiger partial charge in [0.1, 0.15) is 92.0 Å². The molecule has 26 nitrogen and oxygen atoms in total. The summed E-state index contributed by atoms with van der Waals surface area (Å²) in [7, 11) is 3.08. The lowest BCUT2D eigenvalue weighted by Gasteiger charge is -2.21. The van der Waals surface area contributed by atoms with E-state index in [9.17, 15) is 24.3 Å². The highest BCUT2D eigenvalue weighted by Gasteiger charge is 2.37. The number of halogens is 3. The fraction of sp³-hybridized carbons (Fsp3) is 0.312. The number of aromatic hydroxyl groups is 1. The number of esters is 1. The maximum atomic E-state index is 13.0. The quantitative estimate of drug-likeness (QED) is 0.0285. The van der Waals surface area contributed by atoms with E-state index in [0.717, 1.165) is 129 Å². The summed E-state index contributed by atoms with van der Waals surface area (Å²) in [6.07, 6.45) is 0.374. The topological polar surface area (TPSA) is 319 Å². The Morgan fingerprint density at radius 1 is 0.573 bits per heavy atom. The van der Waals surface area contributed by atoms with Crippen molar-refractivity contribution < 1.29 is 38.4 Å². The zero-order valence-corrected chi connectivity index (χ0v) is 76.2. The Balaban J connectivity index is 0.000000142. The lowest BCUT2D eigenvalue weighted by Crippen LogP contribution is -2.27. The lowest BCUT2D eigenvalue weighted by molar-refractivity contribution is -0.155. The van der Waals surface area contributed by atoms with Crippen molar-refractivity contribution in [1.29, 1.82) is 0 Å². The molecule has 13 aromatic rings. The van der Waals surface area contributed by atoms with E-state index in [-0.39, 0.29) is 48.4 Å². The van der Waals surface area contributed by atoms with Crippen LogP contribution in [-0.4, -0.2) is 140 Å². The van der Waals surface area contributed by atoms with Gasteiger partial charge in [-0.3, -0.25) is 47.9 Å². The van der Waals surface area contributed by atoms with E-state index in [2.05, 4.69) is 123 Å². The Morgan fingerprint density at radius 3 is 1.55 bits per heavy atom. The summed E-state index contributed by atoms with van der Waals surface area (Å²) in [6, 6.07) is 41.7. The zero-order chi connectivity index (χ0) is 88.9. The molecule has 16 rings (SSSR count). The van der Waals surface area contributed by atoms with E-state index >= 15 is 0 Å². The molecule has 0 radical (unpaired) electrons. The molecule has 3 unspecified atom stereocenters. The largest absolute Gasteiger partial charge is 0.508 e. The number of rotatable bonds is 19. The first-order chi connectivity index (χ1) is 59.2. The van der Waals surface area contributed by atoms with Crippen LogP contribution < -0.4 is 35.7 Å². The van der Waals surface area contributed by atoms with Crippen LogP contribution in [0.15, 0.2) is 159 Å². The molecule has 2 amide bonds. The fourth-order valence-corrected chi connectivity index (χ4v) is 17.6. The van der Waals surface area contributed by atoms with Crippen LogP contribution in [0.1, 0.15) is 185 Å². The molecule has 0 spiro atoms. The lowest BCUT2D eigenvalue weighted by atomic mass is 9.98. The van der Waals surface area contributed by atoms with Crippen LogP contribution in [-0.2, 0) is 19.1 Å². The average molecular weight is 1770 g/mol. The molecule has 3 aliphatic rings. The summed E-state index contributed by atoms with van der Waals surface area (Å²) >= 11 is 21.7. The van der Waals surface area contributed by atoms with E-state index in [1.165, 1.54) is 29.0 Å². The number of benzene rings is 7. The van der Waals surface area contributed by atoms with E-state index in [1.807, 2.05) is 161 Å². The second kappa shape index (κ2) is 38.4. The van der Waals surface area contributed by atoms with Gasteiger partial charge in [0, 0.05) is 101 Å². The molecular weight excluding hydrogens is 1670 g/mol. The van der Waals surface area contributed by atoms with Crippen molar-refractivity contribution in [1.82, 2.24) is 64.9 Å². The predicted octanol–water partition coefficient (Wildman–Crippen LogP) is 18.6. The predicted molar refractivity (Wildman–Crippen MR) is 491 cm³/mol. The summed E-state index contributed by atoms with van der Waals surface area (Å²) < 4.78 is 28.3. The number of methoxy groups -OCH3 is 2. The molecule has 6 aromatic heterocycles. The molecule has 0 fully saturated rings. The number of hydrogen-bond acceptors (Lipinski definition) is 22. The van der Waals surface area contributed by atoms with Gasteiger partial charge in [0.15, 0.2) is 17.5 Å². The van der Waals surface area contributed by atoms with Gasteiger partial charge >= 0.3 is 5.97 Å². The van der Waals surface area contributed by atoms with Crippen LogP contribution in [0, 0.1) is 69.2 Å². The third kappa shape index (κ3) is 20.1. The average Bonchev–Trinajstić information content (AvgIpc) is 1.58. The van der Waals surface area contributed by atoms with Gasteiger partial charge in [-0.25, -0.2) is 4.98 Å². The van der Waals surface area contributed by atoms with Gasteiger partial charge < -0.3 is 45.0 Å². The number of thiophene rings is 2. The van der Waals surface area contributed by atoms with Crippen molar-refractivity contribution in [2.45, 2.75) is 160 Å². The number of fused-ring (bicyclic) bond motifs is 10. The number of aromatic nitrogens is 11. The van der Waals surface area contributed by atoms with Gasteiger partial charge in [0.05, 0.1) is 61.8 Å². The number of anilines is 1. The molecule has 124 heavy (non-hydrogen) atoms. The zero-order valence-electron chi connectivity index (χ0n) is 72.3. The third-order valence-corrected chi connectivity index (χ3v) is 24.0. The Kier molecular flexibility index (Phi) is 27.8. The first kappa shape index (κ1) is 89.7. The highest BCUT2D eigenvalue weighted by atomic mass is 35.5. The number of phenolic OH excluding ortho intramolecular Hbond substituents is 1. The normalized spacial score (nSPS) is 14.2. The van der Waals surface area contributed by atoms with Gasteiger partial charge in [0.25, 0.3) is 5.56 Å². The number of nitrogens with one attached hydrogen (secondary N) is 4. The highest BCUT2D eigenvalue weighted by molar-refractivity contribution is 7.15. The molecule has 3 aliphatic heterocycles. The van der Waals surface area contributed by atoms with Gasteiger partial charge in [-0.15, -0.1) is 53.3 Å². The van der Waals surface area contributed by atoms with Gasteiger partial charge in [-0.2, -0.15) is 0 Å². The standard InChI is InChI=1S/C25H22ClN5O2S.C23H25ClN4O2S.C23H29N3O4.C22H22ClN5O/c1-13-14(2)34-25-22(13)23(16-4-6-17(26)7-5-16)28-20(24-30-29-15(3)31(24)25)12-21(33)27-18-8-10-19(32)11-9-18;1-12-13(2)31-22-19(12)20(15-7-9-16(24)10-8-15)25-17(11-18(29)30-23(4,5)6)21-27-26-14(3)28(21)22;1-13(2)24-7-8-30-21-14(3)9-16(10-15(21)4)22-25-18-11-17(28-5)12-19(29-6)20(18)23(27)26-22;1-4-24-20(29)12-18-22-27-26-14(3)28(22)19-10-5-13(2)11-17(19)21(25-18)15-6-8-16(23)9-7-15/h4-11,20,32H,12H2,1-3H3,(H,27,33);7-10,17H,11H2,1-6H3;9-13,24H,7-8H2,1-6H3,(H,25,26,27);5-11,18H,4,12H2,1-3H3,(H,24,29). The minimum absolute atomic E-state index is 0.0638. The summed E-state index contributed by atoms with van der Waals surface area (Å²) in [5.41, 5.74) is 15.8. The van der Waals surface area contributed by atoms with Gasteiger partial charge in [0.2, 0.25) is 11.8 Å². The number of carbonyl (C=O) groups excluding carboxylic acids is 3. The summed E-state index contributed by atoms with van der Waals surface area (Å²) in [4.78, 5) is 76.0. The van der Waals surface area contributed by atoms with Crippen LogP contribution in [0.25, 0.3) is 38.0 Å². The second-order valence-corrected chi connectivity index (χ2v) is 35.3. The summed E-state index contributed by atoms with van der Waals surface area (Å²) in [5.74, 6) is 6.12. The molecule has 5 N–H and O–H groups in total. The molecule has 9 heterocycles. The highest BCUT2D eigenvalue weighted by Crippen LogP contribution is 2.44. The van der Waals surface area contributed by atoms with Crippen LogP contribution in [0.2, 0.25) is 15.1 Å². The number of aliphatic imine (C=N–C) groups is 3. The number of amides is 2. The maximum absolute atomic E-state index is 13.0. The Morgan fingerprint density at radius 2 is 1.06 bits per heavy atom. The van der Waals surface area contributed by atoms with Gasteiger partial charge in [-0.1, -0.05) is 96.7 Å². The molecule has 3 atom stereocenters. The van der Waals surface area contributed by atoms with Crippen molar-refractivity contribution in [2.75, 3.05) is 39.2 Å². The number of H-pyrrole nitrogens is 1. The Hall–Kier alpha value is -12.1. The minimum Gasteiger partial charge on any atom is -0.508 e. The van der Waals surface area contributed by atoms with E-state index in [4.69, 9.17) is 68.7 Å². The molecule has 7 aromatic carbocycles. The number of nitrogens with zero attached hydrogens (tertiary/aromatic N) is 13. The Bertz CT molecular complexity index is 6310. The van der Waals surface area contributed by atoms with Crippen molar-refractivity contribution in [3.05, 3.63) is 271 Å². The third-order valence-electron chi connectivity index (χ3n) is 20.8. The number of ether oxygens (including phenoxy) is 4. The van der Waals surface area contributed by atoms with Crippen molar-refractivity contribution in [3.8, 4) is 50.1 Å². The number of aryl methyl sites for hydroxylation is 8. The Labute approximate surface area is 742 Å². The molecule has 0 bridgehead atoms. The van der Waals surface area contributed by atoms with E-state index in [0.29, 0.717) is 85.6 Å². The van der Waals surface area contributed by atoms with Crippen molar-refractivity contribution >= 4 is 109 Å². The van der Waals surface area contributed by atoms with Crippen LogP contribution in [0.5, 0.6) is 23.0 Å². The summed E-state index contributed by atoms with van der Waals surface area (Å²) in [6.45, 7) is 33.8. The van der Waals surface area contributed by atoms with Crippen molar-refractivity contribution in [3.63, 3.8) is 0 Å². The molecule has 31 heteroatoms. The molecular formula is C93H98Cl3N17O9S2. The second-order valence-electron chi connectivity index (χ2n) is 31.6. The number of aromatic amines is 1. The number of phenols is 1. The SMILES string of the molecule is CCNC(=O)CC1N=C(c2ccc(Cl)cc2)c2cc(C)ccc2-n2c(C)nnc21.COc1cc(OC)c2c(=O)[nH]c(-c3cc(C)c(OCCNC(C)C)c(C)c3)nc2c1.Cc1sc2c(c1C)C(c1ccc(Cl)cc1)=NC(CC(=O)Nc1ccc(O)cc1)c1nnc(C)n1-2.Cc1sc2c(c1C)C(c1ccc(Cl)cc1)=NC(CC(=O)OC(C)(C)C)c1nnc(C)n1-2. The maximum Gasteiger partial charge on any atom is 0.308 e. The first-order valence-corrected chi connectivity index (χ1v) is 43.3. The van der Waals surface area contributed by atoms with Crippen LogP contribution >= 0.6 is 57.5 Å². The first-order valence-electron chi connectivity index (χ1n) is 40.5. The number of carbonyl (C=O) groups is 3. The van der Waals surface area contributed by atoms with E-state index < -0.39 is 23.7 Å². The van der Waals surface area contributed by atoms with Gasteiger partial charge in [-0.05, 0) is 204 Å². The molecule has 642 valence electrons. The molecule has 0 saturated heterocycles. The minimum atomic E-state index is -0.569.